The van der Waals surface area contributed by atoms with Gasteiger partial charge in [-0.15, -0.1) is 0 Å². The van der Waals surface area contributed by atoms with Crippen molar-refractivity contribution in [3.8, 4) is 6.07 Å². The summed E-state index contributed by atoms with van der Waals surface area (Å²) in [6.45, 7) is 6.95. The molecule has 2 heteroatoms. The molecule has 0 saturated heterocycles. The predicted octanol–water partition coefficient (Wildman–Crippen LogP) is 3.52. The third-order valence-electron chi connectivity index (χ3n) is 3.39. The van der Waals surface area contributed by atoms with Gasteiger partial charge in [0.15, 0.2) is 0 Å². The summed E-state index contributed by atoms with van der Waals surface area (Å²) in [7, 11) is 0. The van der Waals surface area contributed by atoms with Gasteiger partial charge in [0.25, 0.3) is 0 Å². The number of hydrogen-bond donors (Lipinski definition) is 0. The van der Waals surface area contributed by atoms with Crippen LogP contribution in [0.1, 0.15) is 52.9 Å². The first-order valence-corrected chi connectivity index (χ1v) is 6.08. The van der Waals surface area contributed by atoms with Gasteiger partial charge in [-0.25, -0.2) is 0 Å². The van der Waals surface area contributed by atoms with Crippen LogP contribution in [0.5, 0.6) is 0 Å². The SMILES string of the molecule is CC1CCCCC1OCCC(C)(C)C#N. The fraction of sp³-hybridized carbons (Fsp3) is 0.923. The highest BCUT2D eigenvalue weighted by Crippen LogP contribution is 2.27. The second-order valence-corrected chi connectivity index (χ2v) is 5.42. The van der Waals surface area contributed by atoms with Gasteiger partial charge < -0.3 is 4.74 Å². The predicted molar refractivity (Wildman–Crippen MR) is 61.4 cm³/mol. The van der Waals surface area contributed by atoms with E-state index in [-0.39, 0.29) is 5.41 Å². The maximum absolute atomic E-state index is 8.88. The summed E-state index contributed by atoms with van der Waals surface area (Å²) in [5, 5.41) is 8.88. The summed E-state index contributed by atoms with van der Waals surface area (Å²) < 4.78 is 5.88. The monoisotopic (exact) mass is 209 g/mol. The van der Waals surface area contributed by atoms with Crippen LogP contribution in [0.25, 0.3) is 0 Å². The molecule has 2 nitrogen and oxygen atoms in total. The first-order valence-electron chi connectivity index (χ1n) is 6.08. The second-order valence-electron chi connectivity index (χ2n) is 5.42. The Bertz CT molecular complexity index is 229. The summed E-state index contributed by atoms with van der Waals surface area (Å²) in [6, 6.07) is 2.31. The van der Waals surface area contributed by atoms with Crippen molar-refractivity contribution in [1.29, 1.82) is 5.26 Å². The average Bonchev–Trinajstić information content (AvgIpc) is 2.21. The van der Waals surface area contributed by atoms with E-state index in [1.54, 1.807) is 0 Å². The van der Waals surface area contributed by atoms with Gasteiger partial charge in [0.1, 0.15) is 0 Å². The summed E-state index contributed by atoms with van der Waals surface area (Å²) in [5.74, 6) is 0.698. The highest BCUT2D eigenvalue weighted by Gasteiger charge is 2.23. The van der Waals surface area contributed by atoms with Crippen LogP contribution in [-0.2, 0) is 4.74 Å². The van der Waals surface area contributed by atoms with E-state index < -0.39 is 0 Å². The second kappa shape index (κ2) is 5.51. The summed E-state index contributed by atoms with van der Waals surface area (Å²) in [5.41, 5.74) is -0.238. The fourth-order valence-electron chi connectivity index (χ4n) is 2.05. The Hall–Kier alpha value is -0.550. The molecule has 86 valence electrons. The fourth-order valence-corrected chi connectivity index (χ4v) is 2.05. The van der Waals surface area contributed by atoms with Crippen LogP contribution in [0.15, 0.2) is 0 Å². The first kappa shape index (κ1) is 12.5. The highest BCUT2D eigenvalue weighted by atomic mass is 16.5. The van der Waals surface area contributed by atoms with Crippen LogP contribution in [0.3, 0.4) is 0 Å². The van der Waals surface area contributed by atoms with Gasteiger partial charge in [0.2, 0.25) is 0 Å². The van der Waals surface area contributed by atoms with Gasteiger partial charge in [-0.2, -0.15) is 5.26 Å². The van der Waals surface area contributed by atoms with E-state index in [2.05, 4.69) is 13.0 Å². The lowest BCUT2D eigenvalue weighted by Gasteiger charge is -2.29. The molecule has 0 heterocycles. The van der Waals surface area contributed by atoms with Gasteiger partial charge in [-0.3, -0.25) is 0 Å². The topological polar surface area (TPSA) is 33.0 Å². The van der Waals surface area contributed by atoms with Gasteiger partial charge in [-0.05, 0) is 39.0 Å². The molecule has 0 spiro atoms. The van der Waals surface area contributed by atoms with Crippen molar-refractivity contribution in [3.63, 3.8) is 0 Å². The van der Waals surface area contributed by atoms with Crippen molar-refractivity contribution in [2.75, 3.05) is 6.61 Å². The van der Waals surface area contributed by atoms with Crippen LogP contribution in [0.4, 0.5) is 0 Å². The van der Waals surface area contributed by atoms with Crippen molar-refractivity contribution >= 4 is 0 Å². The molecule has 0 amide bonds. The summed E-state index contributed by atoms with van der Waals surface area (Å²) >= 11 is 0. The van der Waals surface area contributed by atoms with Crippen LogP contribution in [0.2, 0.25) is 0 Å². The highest BCUT2D eigenvalue weighted by molar-refractivity contribution is 4.91. The molecule has 1 rings (SSSR count). The zero-order chi connectivity index (χ0) is 11.3. The summed E-state index contributed by atoms with van der Waals surface area (Å²) in [6.07, 6.45) is 6.43. The maximum Gasteiger partial charge on any atom is 0.0684 e. The minimum absolute atomic E-state index is 0.238. The molecular formula is C13H23NO. The van der Waals surface area contributed by atoms with Gasteiger partial charge in [-0.1, -0.05) is 19.8 Å². The van der Waals surface area contributed by atoms with E-state index in [4.69, 9.17) is 10.00 Å². The zero-order valence-corrected chi connectivity index (χ0v) is 10.3. The standard InChI is InChI=1S/C13H23NO/c1-11-6-4-5-7-12(11)15-9-8-13(2,3)10-14/h11-12H,4-9H2,1-3H3. The van der Waals surface area contributed by atoms with Crippen LogP contribution in [-0.4, -0.2) is 12.7 Å². The number of rotatable bonds is 4. The minimum Gasteiger partial charge on any atom is -0.378 e. The molecule has 2 unspecified atom stereocenters. The third kappa shape index (κ3) is 4.22. The average molecular weight is 209 g/mol. The molecule has 0 radical (unpaired) electrons. The molecule has 1 fully saturated rings. The van der Waals surface area contributed by atoms with Crippen molar-refractivity contribution < 1.29 is 4.74 Å². The lowest BCUT2D eigenvalue weighted by atomic mass is 9.87. The molecule has 1 aliphatic carbocycles. The Morgan fingerprint density at radius 1 is 1.33 bits per heavy atom. The molecular weight excluding hydrogens is 186 g/mol. The molecule has 0 bridgehead atoms. The van der Waals surface area contributed by atoms with E-state index in [1.165, 1.54) is 25.7 Å². The Kier molecular flexibility index (Phi) is 4.60. The molecule has 15 heavy (non-hydrogen) atoms. The van der Waals surface area contributed by atoms with Crippen molar-refractivity contribution in [2.45, 2.75) is 59.0 Å². The Labute approximate surface area is 93.6 Å². The molecule has 0 N–H and O–H groups in total. The smallest absolute Gasteiger partial charge is 0.0684 e. The molecule has 0 aliphatic heterocycles. The number of nitrogens with zero attached hydrogens (tertiary/aromatic N) is 1. The van der Waals surface area contributed by atoms with Crippen LogP contribution >= 0.6 is 0 Å². The third-order valence-corrected chi connectivity index (χ3v) is 3.39. The first-order chi connectivity index (χ1) is 7.05. The Balaban J connectivity index is 2.22. The maximum atomic E-state index is 8.88. The van der Waals surface area contributed by atoms with Crippen LogP contribution in [0, 0.1) is 22.7 Å². The molecule has 0 aromatic rings. The molecule has 2 atom stereocenters. The number of hydrogen-bond acceptors (Lipinski definition) is 2. The molecule has 1 saturated carbocycles. The lowest BCUT2D eigenvalue weighted by molar-refractivity contribution is -0.0124. The largest absolute Gasteiger partial charge is 0.378 e. The van der Waals surface area contributed by atoms with Crippen LogP contribution < -0.4 is 0 Å². The van der Waals surface area contributed by atoms with E-state index in [1.807, 2.05) is 13.8 Å². The van der Waals surface area contributed by atoms with E-state index in [0.29, 0.717) is 12.0 Å². The van der Waals surface area contributed by atoms with Crippen molar-refractivity contribution in [2.24, 2.45) is 11.3 Å². The molecule has 0 aromatic carbocycles. The van der Waals surface area contributed by atoms with Gasteiger partial charge in [0.05, 0.1) is 17.6 Å². The van der Waals surface area contributed by atoms with Gasteiger partial charge in [0, 0.05) is 6.61 Å². The Morgan fingerprint density at radius 3 is 2.60 bits per heavy atom. The minimum atomic E-state index is -0.238. The number of nitriles is 1. The van der Waals surface area contributed by atoms with Crippen molar-refractivity contribution in [3.05, 3.63) is 0 Å². The zero-order valence-electron chi connectivity index (χ0n) is 10.3. The normalized spacial score (nSPS) is 27.3. The molecule has 1 aliphatic rings. The Morgan fingerprint density at radius 2 is 2.00 bits per heavy atom. The lowest BCUT2D eigenvalue weighted by Crippen LogP contribution is -2.27. The number of ether oxygens (including phenoxy) is 1. The van der Waals surface area contributed by atoms with Crippen molar-refractivity contribution in [1.82, 2.24) is 0 Å². The summed E-state index contributed by atoms with van der Waals surface area (Å²) in [4.78, 5) is 0. The van der Waals surface area contributed by atoms with Gasteiger partial charge >= 0.3 is 0 Å². The molecule has 0 aromatic heterocycles. The van der Waals surface area contributed by atoms with E-state index in [9.17, 15) is 0 Å². The van der Waals surface area contributed by atoms with E-state index in [0.717, 1.165) is 13.0 Å². The van der Waals surface area contributed by atoms with E-state index >= 15 is 0 Å². The quantitative estimate of drug-likeness (QED) is 0.709.